The Morgan fingerprint density at radius 1 is 1.07 bits per heavy atom. The van der Waals surface area contributed by atoms with Crippen molar-refractivity contribution in [1.29, 1.82) is 0 Å². The molecule has 2 aromatic heterocycles. The Bertz CT molecular complexity index is 1160. The molecule has 30 heavy (non-hydrogen) atoms. The van der Waals surface area contributed by atoms with E-state index in [0.29, 0.717) is 25.2 Å². The van der Waals surface area contributed by atoms with Gasteiger partial charge in [-0.05, 0) is 61.2 Å². The molecule has 2 aliphatic heterocycles. The SMILES string of the molecule is Cc1ccn2cc(C(=O)N3CCN(c4cc(C)c5c(c4)CCC(=O)N5)CC3)nc2c1. The van der Waals surface area contributed by atoms with Crippen LogP contribution in [0.15, 0.2) is 36.7 Å². The molecular weight excluding hydrogens is 378 g/mol. The number of carbonyl (C=O) groups is 2. The van der Waals surface area contributed by atoms with Gasteiger partial charge in [-0.2, -0.15) is 0 Å². The summed E-state index contributed by atoms with van der Waals surface area (Å²) >= 11 is 0. The molecule has 7 nitrogen and oxygen atoms in total. The molecule has 7 heteroatoms. The van der Waals surface area contributed by atoms with Crippen LogP contribution >= 0.6 is 0 Å². The second kappa shape index (κ2) is 7.16. The molecule has 1 aromatic carbocycles. The second-order valence-electron chi connectivity index (χ2n) is 8.22. The highest BCUT2D eigenvalue weighted by molar-refractivity contribution is 5.95. The van der Waals surface area contributed by atoms with Gasteiger partial charge < -0.3 is 19.5 Å². The molecule has 2 amide bonds. The molecule has 1 fully saturated rings. The van der Waals surface area contributed by atoms with Crippen LogP contribution in [-0.2, 0) is 11.2 Å². The number of nitrogens with zero attached hydrogens (tertiary/aromatic N) is 4. The number of fused-ring (bicyclic) bond motifs is 2. The number of aromatic nitrogens is 2. The normalized spacial score (nSPS) is 16.5. The Morgan fingerprint density at radius 3 is 2.67 bits per heavy atom. The van der Waals surface area contributed by atoms with Crippen molar-refractivity contribution in [3.8, 4) is 0 Å². The van der Waals surface area contributed by atoms with Gasteiger partial charge in [0.05, 0.1) is 0 Å². The molecule has 0 unspecified atom stereocenters. The Kier molecular flexibility index (Phi) is 4.46. The highest BCUT2D eigenvalue weighted by atomic mass is 16.2. The van der Waals surface area contributed by atoms with Gasteiger partial charge in [0.25, 0.3) is 5.91 Å². The summed E-state index contributed by atoms with van der Waals surface area (Å²) < 4.78 is 1.89. The first-order valence-electron chi connectivity index (χ1n) is 10.4. The first kappa shape index (κ1) is 18.7. The average Bonchev–Trinajstić information content (AvgIpc) is 3.17. The number of anilines is 2. The van der Waals surface area contributed by atoms with E-state index in [4.69, 9.17) is 0 Å². The van der Waals surface area contributed by atoms with E-state index in [2.05, 4.69) is 27.3 Å². The van der Waals surface area contributed by atoms with Crippen molar-refractivity contribution in [2.45, 2.75) is 26.7 Å². The molecule has 0 bridgehead atoms. The molecule has 1 saturated heterocycles. The van der Waals surface area contributed by atoms with Crippen molar-refractivity contribution >= 4 is 28.8 Å². The molecule has 0 spiro atoms. The predicted molar refractivity (Wildman–Crippen MR) is 116 cm³/mol. The van der Waals surface area contributed by atoms with Gasteiger partial charge >= 0.3 is 0 Å². The number of pyridine rings is 1. The van der Waals surface area contributed by atoms with E-state index < -0.39 is 0 Å². The van der Waals surface area contributed by atoms with E-state index in [1.807, 2.05) is 47.7 Å². The summed E-state index contributed by atoms with van der Waals surface area (Å²) in [6.45, 7) is 6.95. The Hall–Kier alpha value is -3.35. The Balaban J connectivity index is 1.29. The fourth-order valence-corrected chi connectivity index (χ4v) is 4.36. The Labute approximate surface area is 175 Å². The lowest BCUT2D eigenvalue weighted by Gasteiger charge is -2.36. The van der Waals surface area contributed by atoms with Crippen LogP contribution in [0.4, 0.5) is 11.4 Å². The lowest BCUT2D eigenvalue weighted by atomic mass is 9.98. The van der Waals surface area contributed by atoms with Crippen LogP contribution in [0.2, 0.25) is 0 Å². The van der Waals surface area contributed by atoms with Crippen LogP contribution in [0.3, 0.4) is 0 Å². The fourth-order valence-electron chi connectivity index (χ4n) is 4.36. The van der Waals surface area contributed by atoms with E-state index in [-0.39, 0.29) is 11.8 Å². The zero-order chi connectivity index (χ0) is 20.8. The summed E-state index contributed by atoms with van der Waals surface area (Å²) in [4.78, 5) is 33.4. The number of carbonyl (C=O) groups excluding carboxylic acids is 2. The van der Waals surface area contributed by atoms with Gasteiger partial charge in [0.1, 0.15) is 11.3 Å². The van der Waals surface area contributed by atoms with Gasteiger partial charge in [-0.25, -0.2) is 4.98 Å². The third kappa shape index (κ3) is 3.30. The molecule has 0 aliphatic carbocycles. The number of imidazole rings is 1. The molecule has 5 rings (SSSR count). The van der Waals surface area contributed by atoms with E-state index >= 15 is 0 Å². The summed E-state index contributed by atoms with van der Waals surface area (Å²) in [5.41, 5.74) is 6.84. The number of rotatable bonds is 2. The first-order chi connectivity index (χ1) is 14.5. The largest absolute Gasteiger partial charge is 0.368 e. The number of benzene rings is 1. The molecule has 154 valence electrons. The van der Waals surface area contributed by atoms with Gasteiger partial charge in [-0.1, -0.05) is 0 Å². The van der Waals surface area contributed by atoms with Crippen LogP contribution in [0.1, 0.15) is 33.6 Å². The molecule has 3 aromatic rings. The molecule has 0 saturated carbocycles. The van der Waals surface area contributed by atoms with E-state index in [1.165, 1.54) is 5.56 Å². The molecule has 2 aliphatic rings. The van der Waals surface area contributed by atoms with Crippen LogP contribution < -0.4 is 10.2 Å². The van der Waals surface area contributed by atoms with Crippen molar-refractivity contribution in [1.82, 2.24) is 14.3 Å². The summed E-state index contributed by atoms with van der Waals surface area (Å²) in [6.07, 6.45) is 5.07. The topological polar surface area (TPSA) is 70.0 Å². The number of nitrogens with one attached hydrogen (secondary N) is 1. The van der Waals surface area contributed by atoms with Crippen molar-refractivity contribution in [3.63, 3.8) is 0 Å². The van der Waals surface area contributed by atoms with E-state index in [0.717, 1.165) is 47.7 Å². The van der Waals surface area contributed by atoms with Gasteiger partial charge in [0.15, 0.2) is 0 Å². The van der Waals surface area contributed by atoms with Gasteiger partial charge in [-0.15, -0.1) is 0 Å². The minimum absolute atomic E-state index is 0.0136. The zero-order valence-electron chi connectivity index (χ0n) is 17.3. The fraction of sp³-hybridized carbons (Fsp3) is 0.348. The van der Waals surface area contributed by atoms with Crippen LogP contribution in [0.5, 0.6) is 0 Å². The first-order valence-corrected chi connectivity index (χ1v) is 10.4. The summed E-state index contributed by atoms with van der Waals surface area (Å²) in [7, 11) is 0. The highest BCUT2D eigenvalue weighted by Crippen LogP contribution is 2.31. The minimum Gasteiger partial charge on any atom is -0.368 e. The average molecular weight is 403 g/mol. The smallest absolute Gasteiger partial charge is 0.274 e. The van der Waals surface area contributed by atoms with Gasteiger partial charge in [0.2, 0.25) is 5.91 Å². The quantitative estimate of drug-likeness (QED) is 0.714. The van der Waals surface area contributed by atoms with Crippen LogP contribution in [-0.4, -0.2) is 52.3 Å². The number of amides is 2. The molecular formula is C23H25N5O2. The summed E-state index contributed by atoms with van der Waals surface area (Å²) in [5.74, 6) is 0.0768. The molecule has 1 N–H and O–H groups in total. The standard InChI is InChI=1S/C23H25N5O2/c1-15-5-6-28-14-19(24-20(28)11-15)23(30)27-9-7-26(8-10-27)18-12-16(2)22-17(13-18)3-4-21(29)25-22/h5-6,11-14H,3-4,7-10H2,1-2H3,(H,25,29). The van der Waals surface area contributed by atoms with Crippen LogP contribution in [0, 0.1) is 13.8 Å². The number of piperazine rings is 1. The van der Waals surface area contributed by atoms with Crippen molar-refractivity contribution in [2.24, 2.45) is 0 Å². The maximum Gasteiger partial charge on any atom is 0.274 e. The maximum atomic E-state index is 13.0. The summed E-state index contributed by atoms with van der Waals surface area (Å²) in [6, 6.07) is 8.30. The Morgan fingerprint density at radius 2 is 1.87 bits per heavy atom. The molecule has 0 radical (unpaired) electrons. The third-order valence-electron chi connectivity index (χ3n) is 6.05. The van der Waals surface area contributed by atoms with Gasteiger partial charge in [-0.3, -0.25) is 9.59 Å². The number of hydrogen-bond acceptors (Lipinski definition) is 4. The van der Waals surface area contributed by atoms with E-state index in [1.54, 1.807) is 0 Å². The minimum atomic E-state index is -0.0136. The zero-order valence-corrected chi connectivity index (χ0v) is 17.3. The molecule has 0 atom stereocenters. The second-order valence-corrected chi connectivity index (χ2v) is 8.22. The highest BCUT2D eigenvalue weighted by Gasteiger charge is 2.25. The third-order valence-corrected chi connectivity index (χ3v) is 6.05. The molecule has 4 heterocycles. The van der Waals surface area contributed by atoms with Crippen molar-refractivity contribution in [2.75, 3.05) is 36.4 Å². The monoisotopic (exact) mass is 403 g/mol. The number of aryl methyl sites for hydroxylation is 3. The van der Waals surface area contributed by atoms with Crippen LogP contribution in [0.25, 0.3) is 5.65 Å². The summed E-state index contributed by atoms with van der Waals surface area (Å²) in [5, 5.41) is 2.99. The lowest BCUT2D eigenvalue weighted by Crippen LogP contribution is -2.49. The lowest BCUT2D eigenvalue weighted by molar-refractivity contribution is -0.116. The van der Waals surface area contributed by atoms with Gasteiger partial charge in [0, 0.05) is 56.4 Å². The van der Waals surface area contributed by atoms with E-state index in [9.17, 15) is 9.59 Å². The maximum absolute atomic E-state index is 13.0. The predicted octanol–water partition coefficient (Wildman–Crippen LogP) is 2.80. The van der Waals surface area contributed by atoms with Crippen molar-refractivity contribution < 1.29 is 9.59 Å². The van der Waals surface area contributed by atoms with Crippen molar-refractivity contribution in [3.05, 3.63) is 59.0 Å². The number of hydrogen-bond donors (Lipinski definition) is 1.